The molecule has 1 fully saturated rings. The van der Waals surface area contributed by atoms with Crippen LogP contribution in [0, 0.1) is 0 Å². The van der Waals surface area contributed by atoms with E-state index in [4.69, 9.17) is 9.47 Å². The average molecular weight is 934 g/mol. The van der Waals surface area contributed by atoms with E-state index in [9.17, 15) is 30.3 Å². The van der Waals surface area contributed by atoms with Crippen molar-refractivity contribution in [2.24, 2.45) is 0 Å². The molecule has 0 aromatic carbocycles. The Morgan fingerprint density at radius 2 is 0.864 bits per heavy atom. The molecular weight excluding hydrogens is 827 g/mol. The average Bonchev–Trinajstić information content (AvgIpc) is 3.32. The molecule has 1 heterocycles. The van der Waals surface area contributed by atoms with Crippen molar-refractivity contribution in [1.82, 2.24) is 5.32 Å². The second-order valence-electron chi connectivity index (χ2n) is 19.7. The van der Waals surface area contributed by atoms with Crippen LogP contribution < -0.4 is 5.32 Å². The molecule has 7 unspecified atom stereocenters. The number of carbonyl (C=O) groups is 1. The van der Waals surface area contributed by atoms with E-state index in [2.05, 4.69) is 43.5 Å². The maximum absolute atomic E-state index is 13.0. The molecule has 9 nitrogen and oxygen atoms in total. The zero-order valence-corrected chi connectivity index (χ0v) is 43.0. The fourth-order valence-electron chi connectivity index (χ4n) is 8.93. The summed E-state index contributed by atoms with van der Waals surface area (Å²) in [6.07, 6.45) is 53.6. The van der Waals surface area contributed by atoms with Crippen LogP contribution in [-0.4, -0.2) is 87.5 Å². The largest absolute Gasteiger partial charge is 0.394 e. The highest BCUT2D eigenvalue weighted by atomic mass is 16.7. The summed E-state index contributed by atoms with van der Waals surface area (Å²) < 4.78 is 11.2. The predicted molar refractivity (Wildman–Crippen MR) is 276 cm³/mol. The molecule has 0 spiro atoms. The van der Waals surface area contributed by atoms with Crippen molar-refractivity contribution in [2.45, 2.75) is 307 Å². The number of aliphatic hydroxyl groups excluding tert-OH is 5. The van der Waals surface area contributed by atoms with E-state index < -0.39 is 49.5 Å². The molecule has 9 heteroatoms. The van der Waals surface area contributed by atoms with Crippen molar-refractivity contribution in [3.8, 4) is 0 Å². The lowest BCUT2D eigenvalue weighted by Gasteiger charge is -2.40. The lowest BCUT2D eigenvalue weighted by Crippen LogP contribution is -2.60. The Labute approximate surface area is 406 Å². The highest BCUT2D eigenvalue weighted by molar-refractivity contribution is 5.76. The molecule has 6 N–H and O–H groups in total. The summed E-state index contributed by atoms with van der Waals surface area (Å²) in [5, 5.41) is 54.3. The predicted octanol–water partition coefficient (Wildman–Crippen LogP) is 13.6. The Morgan fingerprint density at radius 1 is 0.500 bits per heavy atom. The van der Waals surface area contributed by atoms with Crippen LogP contribution in [0.5, 0.6) is 0 Å². The smallest absolute Gasteiger partial charge is 0.220 e. The third-order valence-corrected chi connectivity index (χ3v) is 13.4. The number of amides is 1. The van der Waals surface area contributed by atoms with Crippen LogP contribution in [0.15, 0.2) is 36.5 Å². The number of rotatable bonds is 48. The van der Waals surface area contributed by atoms with Crippen molar-refractivity contribution >= 4 is 5.91 Å². The van der Waals surface area contributed by atoms with E-state index in [1.165, 1.54) is 205 Å². The van der Waals surface area contributed by atoms with E-state index in [0.717, 1.165) is 38.5 Å². The number of allylic oxidation sites excluding steroid dienone is 5. The van der Waals surface area contributed by atoms with Gasteiger partial charge < -0.3 is 40.3 Å². The summed E-state index contributed by atoms with van der Waals surface area (Å²) >= 11 is 0. The first kappa shape index (κ1) is 62.4. The van der Waals surface area contributed by atoms with Gasteiger partial charge in [0.15, 0.2) is 6.29 Å². The first-order chi connectivity index (χ1) is 32.3. The molecule has 0 radical (unpaired) electrons. The summed E-state index contributed by atoms with van der Waals surface area (Å²) in [4.78, 5) is 13.0. The van der Waals surface area contributed by atoms with Crippen LogP contribution in [0.2, 0.25) is 0 Å². The SMILES string of the molecule is CCCCCCCCCC/C=C\CCCCCCCCCCCCCCCCCCCC(=O)NC(COC1OC(CO)C(O)C(O)C1O)C(O)/C=C/CC/C=C/CCCCCCCCCC. The van der Waals surface area contributed by atoms with Gasteiger partial charge in [0.1, 0.15) is 24.4 Å². The van der Waals surface area contributed by atoms with Gasteiger partial charge in [0.05, 0.1) is 25.4 Å². The Bertz CT molecular complexity index is 1130. The first-order valence-corrected chi connectivity index (χ1v) is 28.2. The van der Waals surface area contributed by atoms with E-state index in [1.807, 2.05) is 6.08 Å². The molecule has 1 amide bonds. The molecule has 66 heavy (non-hydrogen) atoms. The van der Waals surface area contributed by atoms with Gasteiger partial charge in [-0.3, -0.25) is 4.79 Å². The van der Waals surface area contributed by atoms with Gasteiger partial charge in [-0.2, -0.15) is 0 Å². The number of ether oxygens (including phenoxy) is 2. The molecule has 388 valence electrons. The maximum atomic E-state index is 13.0. The zero-order chi connectivity index (χ0) is 48.0. The topological polar surface area (TPSA) is 149 Å². The minimum Gasteiger partial charge on any atom is -0.394 e. The fraction of sp³-hybridized carbons (Fsp3) is 0.877. The molecule has 1 aliphatic rings. The standard InChI is InChI=1S/C57H107NO8/c1-3-5-7-9-11-13-15-17-19-20-21-22-23-24-25-26-27-28-29-30-31-32-33-35-37-39-41-43-45-47-53(61)58-50(49-65-57-56(64)55(63)54(62)52(48-59)66-57)51(60)46-44-42-40-38-36-34-18-16-14-12-10-8-6-4-2/h20-21,36,38,44,46,50-52,54-57,59-60,62-64H,3-19,22-35,37,39-43,45,47-49H2,1-2H3,(H,58,61)/b21-20-,38-36+,46-44+. The number of unbranched alkanes of at least 4 members (excludes halogenated alkanes) is 34. The Balaban J connectivity index is 2.17. The number of hydrogen-bond donors (Lipinski definition) is 6. The van der Waals surface area contributed by atoms with Crippen LogP contribution in [0.3, 0.4) is 0 Å². The molecule has 0 saturated carbocycles. The van der Waals surface area contributed by atoms with E-state index in [-0.39, 0.29) is 12.5 Å². The van der Waals surface area contributed by atoms with Crippen molar-refractivity contribution in [1.29, 1.82) is 0 Å². The number of hydrogen-bond acceptors (Lipinski definition) is 8. The zero-order valence-electron chi connectivity index (χ0n) is 43.0. The van der Waals surface area contributed by atoms with Gasteiger partial charge in [0, 0.05) is 6.42 Å². The second kappa shape index (κ2) is 47.1. The van der Waals surface area contributed by atoms with Crippen LogP contribution in [0.1, 0.15) is 264 Å². The van der Waals surface area contributed by atoms with E-state index in [0.29, 0.717) is 6.42 Å². The quantitative estimate of drug-likeness (QED) is 0.0261. The first-order valence-electron chi connectivity index (χ1n) is 28.2. The van der Waals surface area contributed by atoms with Crippen LogP contribution in [0.4, 0.5) is 0 Å². The Hall–Kier alpha value is -1.59. The molecule has 1 saturated heterocycles. The normalized spacial score (nSPS) is 20.0. The second-order valence-corrected chi connectivity index (χ2v) is 19.7. The molecule has 0 bridgehead atoms. The van der Waals surface area contributed by atoms with Crippen molar-refractivity contribution in [3.05, 3.63) is 36.5 Å². The van der Waals surface area contributed by atoms with E-state index >= 15 is 0 Å². The minimum atomic E-state index is -1.57. The molecule has 7 atom stereocenters. The third kappa shape index (κ3) is 36.4. The van der Waals surface area contributed by atoms with E-state index in [1.54, 1.807) is 6.08 Å². The summed E-state index contributed by atoms with van der Waals surface area (Å²) in [6.45, 7) is 3.77. The highest BCUT2D eigenvalue weighted by Crippen LogP contribution is 2.23. The third-order valence-electron chi connectivity index (χ3n) is 13.4. The molecule has 1 aliphatic heterocycles. The summed E-state index contributed by atoms with van der Waals surface area (Å²) in [5.41, 5.74) is 0. The molecule has 0 aromatic heterocycles. The van der Waals surface area contributed by atoms with Gasteiger partial charge in [-0.05, 0) is 57.8 Å². The van der Waals surface area contributed by atoms with Crippen LogP contribution in [0.25, 0.3) is 0 Å². The lowest BCUT2D eigenvalue weighted by atomic mass is 9.99. The highest BCUT2D eigenvalue weighted by Gasteiger charge is 2.44. The number of carbonyl (C=O) groups excluding carboxylic acids is 1. The Kier molecular flexibility index (Phi) is 44.6. The molecule has 0 aliphatic carbocycles. The van der Waals surface area contributed by atoms with Crippen LogP contribution >= 0.6 is 0 Å². The number of aliphatic hydroxyl groups is 5. The van der Waals surface area contributed by atoms with Crippen molar-refractivity contribution < 1.29 is 39.8 Å². The van der Waals surface area contributed by atoms with Crippen LogP contribution in [-0.2, 0) is 14.3 Å². The van der Waals surface area contributed by atoms with Gasteiger partial charge in [-0.25, -0.2) is 0 Å². The molecular formula is C57H107NO8. The van der Waals surface area contributed by atoms with Crippen molar-refractivity contribution in [2.75, 3.05) is 13.2 Å². The number of nitrogens with one attached hydrogen (secondary N) is 1. The molecule has 1 rings (SSSR count). The van der Waals surface area contributed by atoms with Gasteiger partial charge in [0.25, 0.3) is 0 Å². The summed E-state index contributed by atoms with van der Waals surface area (Å²) in [7, 11) is 0. The van der Waals surface area contributed by atoms with Gasteiger partial charge in [-0.1, -0.05) is 237 Å². The fourth-order valence-corrected chi connectivity index (χ4v) is 8.93. The van der Waals surface area contributed by atoms with Gasteiger partial charge >= 0.3 is 0 Å². The van der Waals surface area contributed by atoms with Crippen molar-refractivity contribution in [3.63, 3.8) is 0 Å². The molecule has 0 aromatic rings. The summed E-state index contributed by atoms with van der Waals surface area (Å²) in [6, 6.07) is -0.819. The maximum Gasteiger partial charge on any atom is 0.220 e. The lowest BCUT2D eigenvalue weighted by molar-refractivity contribution is -0.302. The minimum absolute atomic E-state index is 0.184. The van der Waals surface area contributed by atoms with Gasteiger partial charge in [-0.15, -0.1) is 0 Å². The summed E-state index contributed by atoms with van der Waals surface area (Å²) in [5.74, 6) is -0.184. The Morgan fingerprint density at radius 3 is 1.27 bits per heavy atom. The monoisotopic (exact) mass is 934 g/mol. The van der Waals surface area contributed by atoms with Gasteiger partial charge in [0.2, 0.25) is 5.91 Å².